The normalized spacial score (nSPS) is 28.2. The average molecular weight is 166 g/mol. The SMILES string of the molecule is Cn1cc(NC2CC(N)C2)cn1. The van der Waals surface area contributed by atoms with Crippen molar-refractivity contribution in [1.29, 1.82) is 0 Å². The van der Waals surface area contributed by atoms with Crippen LogP contribution in [-0.2, 0) is 7.05 Å². The van der Waals surface area contributed by atoms with E-state index in [0.29, 0.717) is 12.1 Å². The van der Waals surface area contributed by atoms with Crippen molar-refractivity contribution in [2.75, 3.05) is 5.32 Å². The summed E-state index contributed by atoms with van der Waals surface area (Å²) in [6, 6.07) is 0.961. The van der Waals surface area contributed by atoms with Crippen LogP contribution in [0.5, 0.6) is 0 Å². The molecule has 0 atom stereocenters. The predicted octanol–water partition coefficient (Wildman–Crippen LogP) is 0.322. The van der Waals surface area contributed by atoms with Crippen molar-refractivity contribution in [2.45, 2.75) is 24.9 Å². The Balaban J connectivity index is 1.88. The van der Waals surface area contributed by atoms with Gasteiger partial charge in [-0.15, -0.1) is 0 Å². The second-order valence-electron chi connectivity index (χ2n) is 3.48. The van der Waals surface area contributed by atoms with E-state index in [4.69, 9.17) is 5.73 Å². The van der Waals surface area contributed by atoms with Gasteiger partial charge in [-0.25, -0.2) is 0 Å². The molecule has 1 aromatic heterocycles. The summed E-state index contributed by atoms with van der Waals surface area (Å²) in [6.45, 7) is 0. The molecule has 0 bridgehead atoms. The Hall–Kier alpha value is -1.03. The zero-order valence-corrected chi connectivity index (χ0v) is 7.20. The average Bonchev–Trinajstić information content (AvgIpc) is 2.33. The van der Waals surface area contributed by atoms with Gasteiger partial charge >= 0.3 is 0 Å². The molecule has 0 aromatic carbocycles. The minimum absolute atomic E-state index is 0.402. The van der Waals surface area contributed by atoms with Gasteiger partial charge in [0.1, 0.15) is 0 Å². The summed E-state index contributed by atoms with van der Waals surface area (Å²) in [7, 11) is 1.91. The molecule has 1 fully saturated rings. The Morgan fingerprint density at radius 2 is 2.42 bits per heavy atom. The van der Waals surface area contributed by atoms with Crippen LogP contribution in [0.3, 0.4) is 0 Å². The molecule has 4 nitrogen and oxygen atoms in total. The molecule has 1 heterocycles. The number of aryl methyl sites for hydroxylation is 1. The molecule has 12 heavy (non-hydrogen) atoms. The zero-order valence-electron chi connectivity index (χ0n) is 7.20. The molecular weight excluding hydrogens is 152 g/mol. The first-order valence-electron chi connectivity index (χ1n) is 4.25. The highest BCUT2D eigenvalue weighted by Crippen LogP contribution is 2.21. The summed E-state index contributed by atoms with van der Waals surface area (Å²) < 4.78 is 1.79. The summed E-state index contributed by atoms with van der Waals surface area (Å²) in [5.41, 5.74) is 6.76. The van der Waals surface area contributed by atoms with E-state index in [1.807, 2.05) is 19.4 Å². The molecular formula is C8H14N4. The van der Waals surface area contributed by atoms with E-state index in [1.165, 1.54) is 0 Å². The van der Waals surface area contributed by atoms with Gasteiger partial charge in [-0.3, -0.25) is 4.68 Å². The Labute approximate surface area is 71.7 Å². The molecule has 1 aromatic rings. The summed E-state index contributed by atoms with van der Waals surface area (Å²) in [5.74, 6) is 0. The molecule has 0 radical (unpaired) electrons. The van der Waals surface area contributed by atoms with Crippen LogP contribution in [0.25, 0.3) is 0 Å². The fraction of sp³-hybridized carbons (Fsp3) is 0.625. The Bertz CT molecular complexity index is 262. The standard InChI is InChI=1S/C8H14N4/c1-12-5-8(4-10-12)11-7-2-6(9)3-7/h4-7,11H,2-3,9H2,1H3. The predicted molar refractivity (Wildman–Crippen MR) is 47.8 cm³/mol. The van der Waals surface area contributed by atoms with Gasteiger partial charge in [0.05, 0.1) is 11.9 Å². The number of rotatable bonds is 2. The molecule has 2 rings (SSSR count). The smallest absolute Gasteiger partial charge is 0.0728 e. The number of nitrogens with zero attached hydrogens (tertiary/aromatic N) is 2. The summed E-state index contributed by atoms with van der Waals surface area (Å²) >= 11 is 0. The molecule has 1 aliphatic carbocycles. The van der Waals surface area contributed by atoms with Crippen molar-refractivity contribution in [2.24, 2.45) is 12.8 Å². The third kappa shape index (κ3) is 1.43. The molecule has 0 spiro atoms. The molecule has 4 heteroatoms. The van der Waals surface area contributed by atoms with E-state index >= 15 is 0 Å². The molecule has 0 saturated heterocycles. The Kier molecular flexibility index (Phi) is 1.77. The van der Waals surface area contributed by atoms with Gasteiger partial charge in [-0.05, 0) is 12.8 Å². The lowest BCUT2D eigenvalue weighted by molar-refractivity contribution is 0.373. The quantitative estimate of drug-likeness (QED) is 0.665. The van der Waals surface area contributed by atoms with Crippen LogP contribution < -0.4 is 11.1 Å². The van der Waals surface area contributed by atoms with Crippen molar-refractivity contribution < 1.29 is 0 Å². The van der Waals surface area contributed by atoms with Crippen LogP contribution in [0.1, 0.15) is 12.8 Å². The van der Waals surface area contributed by atoms with E-state index in [9.17, 15) is 0 Å². The first-order valence-corrected chi connectivity index (χ1v) is 4.25. The number of nitrogens with two attached hydrogens (primary N) is 1. The highest BCUT2D eigenvalue weighted by atomic mass is 15.3. The van der Waals surface area contributed by atoms with Gasteiger partial charge in [-0.2, -0.15) is 5.10 Å². The third-order valence-electron chi connectivity index (χ3n) is 2.25. The second-order valence-corrected chi connectivity index (χ2v) is 3.48. The topological polar surface area (TPSA) is 55.9 Å². The van der Waals surface area contributed by atoms with Crippen molar-refractivity contribution in [3.05, 3.63) is 12.4 Å². The maximum Gasteiger partial charge on any atom is 0.0728 e. The molecule has 0 aliphatic heterocycles. The monoisotopic (exact) mass is 166 g/mol. The molecule has 1 saturated carbocycles. The lowest BCUT2D eigenvalue weighted by Crippen LogP contribution is -2.44. The summed E-state index contributed by atoms with van der Waals surface area (Å²) in [5, 5.41) is 7.44. The van der Waals surface area contributed by atoms with Gasteiger partial charge in [0.25, 0.3) is 0 Å². The van der Waals surface area contributed by atoms with Crippen LogP contribution >= 0.6 is 0 Å². The van der Waals surface area contributed by atoms with Crippen LogP contribution in [-0.4, -0.2) is 21.9 Å². The van der Waals surface area contributed by atoms with E-state index in [0.717, 1.165) is 18.5 Å². The number of anilines is 1. The van der Waals surface area contributed by atoms with Gasteiger partial charge in [0, 0.05) is 25.3 Å². The van der Waals surface area contributed by atoms with Gasteiger partial charge in [0.2, 0.25) is 0 Å². The minimum Gasteiger partial charge on any atom is -0.380 e. The van der Waals surface area contributed by atoms with Crippen LogP contribution in [0.2, 0.25) is 0 Å². The van der Waals surface area contributed by atoms with Gasteiger partial charge in [0.15, 0.2) is 0 Å². The molecule has 0 amide bonds. The highest BCUT2D eigenvalue weighted by molar-refractivity contribution is 5.40. The van der Waals surface area contributed by atoms with E-state index in [-0.39, 0.29) is 0 Å². The third-order valence-corrected chi connectivity index (χ3v) is 2.25. The van der Waals surface area contributed by atoms with Crippen molar-refractivity contribution in [3.63, 3.8) is 0 Å². The fourth-order valence-electron chi connectivity index (χ4n) is 1.51. The van der Waals surface area contributed by atoms with Crippen molar-refractivity contribution in [1.82, 2.24) is 9.78 Å². The summed E-state index contributed by atoms with van der Waals surface area (Å²) in [6.07, 6.45) is 5.97. The fourth-order valence-corrected chi connectivity index (χ4v) is 1.51. The van der Waals surface area contributed by atoms with E-state index < -0.39 is 0 Å². The summed E-state index contributed by atoms with van der Waals surface area (Å²) in [4.78, 5) is 0. The van der Waals surface area contributed by atoms with Crippen LogP contribution in [0, 0.1) is 0 Å². The highest BCUT2D eigenvalue weighted by Gasteiger charge is 2.25. The van der Waals surface area contributed by atoms with Crippen molar-refractivity contribution >= 4 is 5.69 Å². The van der Waals surface area contributed by atoms with E-state index in [1.54, 1.807) is 4.68 Å². The number of hydrogen-bond donors (Lipinski definition) is 2. The number of nitrogens with one attached hydrogen (secondary N) is 1. The van der Waals surface area contributed by atoms with Crippen molar-refractivity contribution in [3.8, 4) is 0 Å². The van der Waals surface area contributed by atoms with Gasteiger partial charge in [-0.1, -0.05) is 0 Å². The zero-order chi connectivity index (χ0) is 8.55. The lowest BCUT2D eigenvalue weighted by atomic mass is 9.87. The van der Waals surface area contributed by atoms with Gasteiger partial charge < -0.3 is 11.1 Å². The Morgan fingerprint density at radius 3 is 2.92 bits per heavy atom. The molecule has 1 aliphatic rings. The molecule has 0 unspecified atom stereocenters. The van der Waals surface area contributed by atoms with Crippen LogP contribution in [0.4, 0.5) is 5.69 Å². The Morgan fingerprint density at radius 1 is 1.67 bits per heavy atom. The lowest BCUT2D eigenvalue weighted by Gasteiger charge is -2.33. The molecule has 66 valence electrons. The maximum atomic E-state index is 5.67. The van der Waals surface area contributed by atoms with Crippen LogP contribution in [0.15, 0.2) is 12.4 Å². The first-order chi connectivity index (χ1) is 5.74. The second kappa shape index (κ2) is 2.79. The maximum absolute atomic E-state index is 5.67. The van der Waals surface area contributed by atoms with E-state index in [2.05, 4.69) is 10.4 Å². The first kappa shape index (κ1) is 7.61. The number of aromatic nitrogens is 2. The largest absolute Gasteiger partial charge is 0.380 e. The number of hydrogen-bond acceptors (Lipinski definition) is 3. The molecule has 3 N–H and O–H groups in total. The minimum atomic E-state index is 0.402.